The monoisotopic (exact) mass is 508 g/mol. The molecule has 2 amide bonds. The molecule has 1 fully saturated rings. The Morgan fingerprint density at radius 2 is 1.67 bits per heavy atom. The molecule has 2 heterocycles. The second-order valence-corrected chi connectivity index (χ2v) is 10.5. The number of nitrogens with zero attached hydrogens (tertiary/aromatic N) is 2. The predicted octanol–water partition coefficient (Wildman–Crippen LogP) is 2.43. The van der Waals surface area contributed by atoms with Crippen molar-refractivity contribution >= 4 is 19.4 Å². The summed E-state index contributed by atoms with van der Waals surface area (Å²) in [5.41, 5.74) is 4.16. The third-order valence-electron chi connectivity index (χ3n) is 5.96. The number of benzene rings is 2. The van der Waals surface area contributed by atoms with Crippen molar-refractivity contribution in [2.24, 2.45) is 0 Å². The molecule has 0 aliphatic carbocycles. The number of aryl methyl sites for hydroxylation is 1. The molecule has 1 aliphatic heterocycles. The molecule has 0 spiro atoms. The maximum Gasteiger partial charge on any atom is 0.328 e. The summed E-state index contributed by atoms with van der Waals surface area (Å²) < 4.78 is 11.8. The zero-order chi connectivity index (χ0) is 25.7. The highest BCUT2D eigenvalue weighted by Crippen LogP contribution is 2.35. The van der Waals surface area contributed by atoms with Crippen LogP contribution in [0.4, 0.5) is 0 Å². The van der Waals surface area contributed by atoms with Gasteiger partial charge in [-0.25, -0.2) is 4.98 Å². The standard InChI is InChI=1S/C26H29N4O5P/c1-18-7-9-20(10-8-18)22-15-21(19-5-3-2-4-6-19)16-23(28-22)25(31)29-24(17-36(33,34)35)26(32)30-13-11-27-12-14-30/h2-10,15-16,24,27H,11-14,17H2,1H3,(H,29,31)(H2,33,34,35). The molecule has 1 aliphatic rings. The van der Waals surface area contributed by atoms with Crippen LogP contribution in [-0.2, 0) is 9.36 Å². The Morgan fingerprint density at radius 3 is 2.31 bits per heavy atom. The van der Waals surface area contributed by atoms with E-state index in [1.807, 2.05) is 67.6 Å². The summed E-state index contributed by atoms with van der Waals surface area (Å²) in [5, 5.41) is 5.67. The summed E-state index contributed by atoms with van der Waals surface area (Å²) in [6.45, 7) is 3.91. The molecular formula is C26H29N4O5P. The Kier molecular flexibility index (Phi) is 7.96. The SMILES string of the molecule is Cc1ccc(-c2cc(-c3ccccc3)cc(C(=O)NC(CP(=O)(O)O)C(=O)N3CCNCC3)n2)cc1. The first-order chi connectivity index (χ1) is 17.2. The number of pyridine rings is 1. The van der Waals surface area contributed by atoms with Crippen LogP contribution in [0.2, 0.25) is 0 Å². The van der Waals surface area contributed by atoms with Crippen molar-refractivity contribution in [3.8, 4) is 22.4 Å². The molecule has 10 heteroatoms. The quantitative estimate of drug-likeness (QED) is 0.361. The topological polar surface area (TPSA) is 132 Å². The summed E-state index contributed by atoms with van der Waals surface area (Å²) in [7, 11) is -4.59. The van der Waals surface area contributed by atoms with Crippen LogP contribution in [-0.4, -0.2) is 69.9 Å². The van der Waals surface area contributed by atoms with Crippen LogP contribution in [0.15, 0.2) is 66.7 Å². The lowest BCUT2D eigenvalue weighted by Gasteiger charge is -2.31. The molecule has 9 nitrogen and oxygen atoms in total. The van der Waals surface area contributed by atoms with Gasteiger partial charge in [0.25, 0.3) is 5.91 Å². The van der Waals surface area contributed by atoms with E-state index in [2.05, 4.69) is 15.6 Å². The molecule has 2 aromatic carbocycles. The lowest BCUT2D eigenvalue weighted by atomic mass is 10.0. The Morgan fingerprint density at radius 1 is 1.00 bits per heavy atom. The van der Waals surface area contributed by atoms with E-state index in [0.29, 0.717) is 31.9 Å². The van der Waals surface area contributed by atoms with Gasteiger partial charge in [-0.15, -0.1) is 0 Å². The highest BCUT2D eigenvalue weighted by Gasteiger charge is 2.33. The fourth-order valence-electron chi connectivity index (χ4n) is 4.08. The maximum atomic E-state index is 13.3. The number of piperazine rings is 1. The average molecular weight is 509 g/mol. The third-order valence-corrected chi connectivity index (χ3v) is 6.81. The summed E-state index contributed by atoms with van der Waals surface area (Å²) in [5.74, 6) is -1.20. The molecule has 1 unspecified atom stereocenters. The number of amides is 2. The molecule has 1 aromatic heterocycles. The molecular weight excluding hydrogens is 479 g/mol. The molecule has 0 saturated carbocycles. The van der Waals surface area contributed by atoms with Crippen molar-refractivity contribution in [1.29, 1.82) is 0 Å². The van der Waals surface area contributed by atoms with Crippen LogP contribution in [0, 0.1) is 6.92 Å². The molecule has 3 aromatic rings. The van der Waals surface area contributed by atoms with Gasteiger partial charge in [0, 0.05) is 31.7 Å². The van der Waals surface area contributed by atoms with Crippen LogP contribution in [0.3, 0.4) is 0 Å². The number of nitrogens with one attached hydrogen (secondary N) is 2. The number of carbonyl (C=O) groups excluding carboxylic acids is 2. The van der Waals surface area contributed by atoms with Crippen LogP contribution in [0.25, 0.3) is 22.4 Å². The fourth-order valence-corrected chi connectivity index (χ4v) is 4.80. The van der Waals surface area contributed by atoms with Gasteiger partial charge in [-0.2, -0.15) is 0 Å². The summed E-state index contributed by atoms with van der Waals surface area (Å²) in [6.07, 6.45) is -0.787. The van der Waals surface area contributed by atoms with Crippen LogP contribution >= 0.6 is 7.60 Å². The zero-order valence-electron chi connectivity index (χ0n) is 19.9. The molecule has 1 saturated heterocycles. The Hall–Kier alpha value is -3.36. The molecule has 1 atom stereocenters. The van der Waals surface area contributed by atoms with E-state index >= 15 is 0 Å². The van der Waals surface area contributed by atoms with Crippen LogP contribution < -0.4 is 10.6 Å². The van der Waals surface area contributed by atoms with Gasteiger partial charge in [-0.3, -0.25) is 14.2 Å². The summed E-state index contributed by atoms with van der Waals surface area (Å²) in [4.78, 5) is 51.6. The Balaban J connectivity index is 1.68. The van der Waals surface area contributed by atoms with E-state index < -0.39 is 31.6 Å². The minimum absolute atomic E-state index is 0.0516. The average Bonchev–Trinajstić information content (AvgIpc) is 2.88. The van der Waals surface area contributed by atoms with E-state index in [4.69, 9.17) is 0 Å². The van der Waals surface area contributed by atoms with Gasteiger partial charge in [0.1, 0.15) is 11.7 Å². The molecule has 4 N–H and O–H groups in total. The first kappa shape index (κ1) is 25.7. The molecule has 4 rings (SSSR count). The molecule has 0 bridgehead atoms. The summed E-state index contributed by atoms with van der Waals surface area (Å²) in [6, 6.07) is 19.4. The van der Waals surface area contributed by atoms with E-state index in [1.165, 1.54) is 4.90 Å². The number of rotatable bonds is 7. The Bertz CT molecular complexity index is 1270. The lowest BCUT2D eigenvalue weighted by Crippen LogP contribution is -2.55. The van der Waals surface area contributed by atoms with E-state index in [0.717, 1.165) is 22.3 Å². The van der Waals surface area contributed by atoms with Gasteiger partial charge >= 0.3 is 7.60 Å². The second-order valence-electron chi connectivity index (χ2n) is 8.81. The van der Waals surface area contributed by atoms with E-state index in [1.54, 1.807) is 6.07 Å². The van der Waals surface area contributed by atoms with Gasteiger partial charge in [-0.1, -0.05) is 60.2 Å². The van der Waals surface area contributed by atoms with Crippen molar-refractivity contribution in [3.63, 3.8) is 0 Å². The van der Waals surface area contributed by atoms with E-state index in [9.17, 15) is 23.9 Å². The van der Waals surface area contributed by atoms with Crippen molar-refractivity contribution in [2.75, 3.05) is 32.3 Å². The van der Waals surface area contributed by atoms with Crippen molar-refractivity contribution in [1.82, 2.24) is 20.5 Å². The number of carbonyl (C=O) groups is 2. The first-order valence-corrected chi connectivity index (χ1v) is 13.5. The van der Waals surface area contributed by atoms with Gasteiger partial charge in [0.15, 0.2) is 0 Å². The van der Waals surface area contributed by atoms with Gasteiger partial charge in [0.05, 0.1) is 11.9 Å². The van der Waals surface area contributed by atoms with Gasteiger partial charge < -0.3 is 25.3 Å². The number of hydrogen-bond donors (Lipinski definition) is 4. The number of hydrogen-bond acceptors (Lipinski definition) is 5. The highest BCUT2D eigenvalue weighted by atomic mass is 31.2. The Labute approximate surface area is 209 Å². The fraction of sp³-hybridized carbons (Fsp3) is 0.269. The van der Waals surface area contributed by atoms with Crippen molar-refractivity contribution < 1.29 is 23.9 Å². The van der Waals surface area contributed by atoms with Crippen LogP contribution in [0.5, 0.6) is 0 Å². The molecule has 0 radical (unpaired) electrons. The summed E-state index contributed by atoms with van der Waals surface area (Å²) >= 11 is 0. The van der Waals surface area contributed by atoms with Crippen LogP contribution in [0.1, 0.15) is 16.1 Å². The van der Waals surface area contributed by atoms with E-state index in [-0.39, 0.29) is 5.69 Å². The van der Waals surface area contributed by atoms with Gasteiger partial charge in [0.2, 0.25) is 5.91 Å². The van der Waals surface area contributed by atoms with Gasteiger partial charge in [-0.05, 0) is 30.2 Å². The normalized spacial score (nSPS) is 14.8. The maximum absolute atomic E-state index is 13.3. The highest BCUT2D eigenvalue weighted by molar-refractivity contribution is 7.51. The first-order valence-electron chi connectivity index (χ1n) is 11.7. The minimum Gasteiger partial charge on any atom is -0.338 e. The molecule has 36 heavy (non-hydrogen) atoms. The second kappa shape index (κ2) is 11.1. The van der Waals surface area contributed by atoms with Crippen molar-refractivity contribution in [2.45, 2.75) is 13.0 Å². The lowest BCUT2D eigenvalue weighted by molar-refractivity contribution is -0.133. The largest absolute Gasteiger partial charge is 0.338 e. The van der Waals surface area contributed by atoms with Crippen molar-refractivity contribution in [3.05, 3.63) is 78.0 Å². The minimum atomic E-state index is -4.59. The zero-order valence-corrected chi connectivity index (χ0v) is 20.8. The third kappa shape index (κ3) is 6.65. The predicted molar refractivity (Wildman–Crippen MR) is 137 cm³/mol. The number of aromatic nitrogens is 1. The molecule has 188 valence electrons. The smallest absolute Gasteiger partial charge is 0.328 e.